The molecule has 31 heavy (non-hydrogen) atoms. The molecule has 6 nitrogen and oxygen atoms in total. The van der Waals surface area contributed by atoms with Crippen LogP contribution in [0.1, 0.15) is 24.0 Å². The number of aromatic nitrogens is 2. The summed E-state index contributed by atoms with van der Waals surface area (Å²) >= 11 is 0. The lowest BCUT2D eigenvalue weighted by molar-refractivity contribution is 0.00604. The summed E-state index contributed by atoms with van der Waals surface area (Å²) < 4.78 is 19.5. The molecule has 1 aromatic heterocycles. The Labute approximate surface area is 180 Å². The summed E-state index contributed by atoms with van der Waals surface area (Å²) in [4.78, 5) is 17.4. The van der Waals surface area contributed by atoms with Gasteiger partial charge in [-0.15, -0.1) is 0 Å². The van der Waals surface area contributed by atoms with Gasteiger partial charge in [-0.05, 0) is 60.7 Å². The summed E-state index contributed by atoms with van der Waals surface area (Å²) in [7, 11) is 0. The summed E-state index contributed by atoms with van der Waals surface area (Å²) in [6.45, 7) is 4.21. The smallest absolute Gasteiger partial charge is 0.325 e. The van der Waals surface area contributed by atoms with Crippen LogP contribution in [0.4, 0.5) is 14.9 Å². The van der Waals surface area contributed by atoms with Gasteiger partial charge in [0.2, 0.25) is 0 Å². The Balaban J connectivity index is 1.46. The number of carbonyl (C=O) groups excluding carboxylic acids is 1. The Kier molecular flexibility index (Phi) is 4.98. The van der Waals surface area contributed by atoms with Crippen molar-refractivity contribution in [3.05, 3.63) is 71.8 Å². The molecular weight excluding hydrogens is 395 g/mol. The summed E-state index contributed by atoms with van der Waals surface area (Å²) in [5.41, 5.74) is 4.43. The molecule has 2 aliphatic heterocycles. The second-order valence-corrected chi connectivity index (χ2v) is 8.40. The molecule has 160 valence electrons. The van der Waals surface area contributed by atoms with Crippen LogP contribution in [0.3, 0.4) is 0 Å². The molecule has 3 aromatic rings. The van der Waals surface area contributed by atoms with E-state index in [1.165, 1.54) is 12.1 Å². The lowest BCUT2D eigenvalue weighted by atomic mass is 9.88. The van der Waals surface area contributed by atoms with E-state index in [0.717, 1.165) is 40.8 Å². The highest BCUT2D eigenvalue weighted by molar-refractivity contribution is 5.95. The van der Waals surface area contributed by atoms with Crippen LogP contribution in [0.25, 0.3) is 11.1 Å². The van der Waals surface area contributed by atoms with Gasteiger partial charge in [-0.3, -0.25) is 10.00 Å². The Hall–Kier alpha value is -3.19. The maximum atomic E-state index is 13.9. The summed E-state index contributed by atoms with van der Waals surface area (Å²) in [6.07, 6.45) is 5.17. The molecule has 5 rings (SSSR count). The van der Waals surface area contributed by atoms with Crippen LogP contribution < -0.4 is 4.90 Å². The van der Waals surface area contributed by atoms with E-state index in [9.17, 15) is 9.18 Å². The van der Waals surface area contributed by atoms with Crippen LogP contribution in [-0.4, -0.2) is 46.4 Å². The minimum atomic E-state index is -0.308. The van der Waals surface area contributed by atoms with Crippen LogP contribution in [0.2, 0.25) is 0 Å². The van der Waals surface area contributed by atoms with E-state index >= 15 is 0 Å². The molecule has 3 heterocycles. The van der Waals surface area contributed by atoms with Crippen LogP contribution in [0.15, 0.2) is 54.9 Å². The quantitative estimate of drug-likeness (QED) is 0.675. The molecule has 2 saturated heterocycles. The van der Waals surface area contributed by atoms with Crippen molar-refractivity contribution in [1.29, 1.82) is 0 Å². The summed E-state index contributed by atoms with van der Waals surface area (Å²) in [6, 6.07) is 12.7. The molecule has 7 heteroatoms. The number of rotatable bonds is 4. The van der Waals surface area contributed by atoms with Crippen LogP contribution >= 0.6 is 0 Å². The fourth-order valence-electron chi connectivity index (χ4n) is 4.64. The molecule has 0 bridgehead atoms. The normalized spacial score (nSPS) is 18.2. The molecule has 2 aromatic carbocycles. The number of hydrogen-bond acceptors (Lipinski definition) is 3. The van der Waals surface area contributed by atoms with Crippen molar-refractivity contribution < 1.29 is 13.9 Å². The second-order valence-electron chi connectivity index (χ2n) is 8.40. The average Bonchev–Trinajstić information content (AvgIpc) is 3.41. The zero-order valence-corrected chi connectivity index (χ0v) is 17.5. The number of hydrogen-bond donors (Lipinski definition) is 1. The molecule has 0 atom stereocenters. The predicted molar refractivity (Wildman–Crippen MR) is 116 cm³/mol. The minimum Gasteiger partial charge on any atom is -0.381 e. The van der Waals surface area contributed by atoms with Crippen molar-refractivity contribution in [3.63, 3.8) is 0 Å². The fraction of sp³-hybridized carbons (Fsp3) is 0.333. The molecule has 2 fully saturated rings. The van der Waals surface area contributed by atoms with Gasteiger partial charge in [0.25, 0.3) is 0 Å². The van der Waals surface area contributed by atoms with Gasteiger partial charge in [0, 0.05) is 37.2 Å². The van der Waals surface area contributed by atoms with Crippen molar-refractivity contribution in [2.24, 2.45) is 0 Å². The van der Waals surface area contributed by atoms with Gasteiger partial charge in [0.1, 0.15) is 5.82 Å². The number of aryl methyl sites for hydroxylation is 1. The van der Waals surface area contributed by atoms with Crippen molar-refractivity contribution in [2.45, 2.75) is 31.8 Å². The van der Waals surface area contributed by atoms with E-state index < -0.39 is 0 Å². The van der Waals surface area contributed by atoms with Gasteiger partial charge in [0.15, 0.2) is 0 Å². The van der Waals surface area contributed by atoms with Crippen LogP contribution in [0, 0.1) is 12.7 Å². The van der Waals surface area contributed by atoms with E-state index in [0.29, 0.717) is 26.3 Å². The van der Waals surface area contributed by atoms with Gasteiger partial charge in [-0.1, -0.05) is 18.2 Å². The number of carbonyl (C=O) groups is 1. The molecule has 1 N–H and O–H groups in total. The molecular formula is C24H25FN4O2. The number of nitrogens with one attached hydrogen (secondary N) is 1. The first-order valence-electron chi connectivity index (χ1n) is 10.6. The third kappa shape index (κ3) is 3.59. The SMILES string of the molecule is Cc1ccc(F)cc1CN1C(=O)N(c2ccc(-c3cn[nH]c3)cc2)CC12CCOCC2. The lowest BCUT2D eigenvalue weighted by Gasteiger charge is -2.40. The van der Waals surface area contributed by atoms with Crippen molar-refractivity contribution in [2.75, 3.05) is 24.7 Å². The van der Waals surface area contributed by atoms with Gasteiger partial charge in [-0.2, -0.15) is 5.10 Å². The van der Waals surface area contributed by atoms with E-state index in [4.69, 9.17) is 4.74 Å². The average molecular weight is 420 g/mol. The summed E-state index contributed by atoms with van der Waals surface area (Å²) in [5.74, 6) is -0.278. The third-order valence-corrected chi connectivity index (χ3v) is 6.56. The van der Waals surface area contributed by atoms with Crippen LogP contribution in [0.5, 0.6) is 0 Å². The predicted octanol–water partition coefficient (Wildman–Crippen LogP) is 4.52. The van der Waals surface area contributed by atoms with E-state index in [-0.39, 0.29) is 17.4 Å². The zero-order valence-electron chi connectivity index (χ0n) is 17.5. The molecule has 0 saturated carbocycles. The highest BCUT2D eigenvalue weighted by Gasteiger charge is 2.50. The molecule has 0 unspecified atom stereocenters. The zero-order chi connectivity index (χ0) is 21.4. The first-order chi connectivity index (χ1) is 15.1. The standard InChI is InChI=1S/C24H25FN4O2/c1-17-2-5-21(25)12-19(17)15-29-23(30)28(16-24(29)8-10-31-11-9-24)22-6-3-18(4-7-22)20-13-26-27-14-20/h2-7,12-14H,8-11,15-16H2,1H3,(H,26,27). The molecule has 0 radical (unpaired) electrons. The largest absolute Gasteiger partial charge is 0.381 e. The van der Waals surface area contributed by atoms with Gasteiger partial charge >= 0.3 is 6.03 Å². The topological polar surface area (TPSA) is 61.5 Å². The van der Waals surface area contributed by atoms with E-state index in [1.807, 2.05) is 47.2 Å². The fourth-order valence-corrected chi connectivity index (χ4v) is 4.64. The number of amides is 2. The maximum absolute atomic E-state index is 13.9. The van der Waals surface area contributed by atoms with Gasteiger partial charge in [0.05, 0.1) is 18.3 Å². The number of benzene rings is 2. The number of nitrogens with zero attached hydrogens (tertiary/aromatic N) is 3. The molecule has 0 aliphatic carbocycles. The lowest BCUT2D eigenvalue weighted by Crippen LogP contribution is -2.50. The first-order valence-corrected chi connectivity index (χ1v) is 10.6. The third-order valence-electron chi connectivity index (χ3n) is 6.56. The Morgan fingerprint density at radius 2 is 1.90 bits per heavy atom. The number of H-pyrrole nitrogens is 1. The van der Waals surface area contributed by atoms with Crippen LogP contribution in [-0.2, 0) is 11.3 Å². The highest BCUT2D eigenvalue weighted by atomic mass is 19.1. The number of halogens is 1. The first kappa shape index (κ1) is 19.8. The van der Waals surface area contributed by atoms with Gasteiger partial charge in [-0.25, -0.2) is 9.18 Å². The second kappa shape index (κ2) is 7.81. The Morgan fingerprint density at radius 1 is 1.13 bits per heavy atom. The van der Waals surface area contributed by atoms with Gasteiger partial charge < -0.3 is 9.64 Å². The summed E-state index contributed by atoms with van der Waals surface area (Å²) in [5, 5.41) is 6.82. The maximum Gasteiger partial charge on any atom is 0.325 e. The highest BCUT2D eigenvalue weighted by Crippen LogP contribution is 2.39. The number of urea groups is 1. The Bertz CT molecular complexity index is 1080. The molecule has 2 aliphatic rings. The van der Waals surface area contributed by atoms with E-state index in [1.54, 1.807) is 12.3 Å². The number of anilines is 1. The number of aromatic amines is 1. The van der Waals surface area contributed by atoms with E-state index in [2.05, 4.69) is 10.2 Å². The monoisotopic (exact) mass is 420 g/mol. The minimum absolute atomic E-state index is 0.0402. The number of ether oxygens (including phenoxy) is 1. The Morgan fingerprint density at radius 3 is 2.61 bits per heavy atom. The molecule has 1 spiro atoms. The van der Waals surface area contributed by atoms with Crippen molar-refractivity contribution >= 4 is 11.7 Å². The molecule has 2 amide bonds. The van der Waals surface area contributed by atoms with Crippen molar-refractivity contribution in [3.8, 4) is 11.1 Å². The van der Waals surface area contributed by atoms with Crippen molar-refractivity contribution in [1.82, 2.24) is 15.1 Å².